The molecule has 3 heteroatoms. The number of fused-ring (bicyclic) bond motifs is 2. The van der Waals surface area contributed by atoms with E-state index >= 15 is 0 Å². The molecule has 0 aromatic heterocycles. The van der Waals surface area contributed by atoms with Crippen LogP contribution in [0.3, 0.4) is 0 Å². The molecule has 0 unspecified atom stereocenters. The number of halogens is 1. The van der Waals surface area contributed by atoms with Gasteiger partial charge in [0.1, 0.15) is 0 Å². The zero-order valence-corrected chi connectivity index (χ0v) is 12.8. The Kier molecular flexibility index (Phi) is 3.66. The van der Waals surface area contributed by atoms with Crippen LogP contribution in [0.4, 0.5) is 0 Å². The number of rotatable bonds is 3. The fourth-order valence-electron chi connectivity index (χ4n) is 3.94. The third-order valence-corrected chi connectivity index (χ3v) is 5.60. The predicted molar refractivity (Wildman–Crippen MR) is 80.0 cm³/mol. The van der Waals surface area contributed by atoms with Crippen molar-refractivity contribution < 1.29 is 4.79 Å². The molecular weight excluding hydrogens is 302 g/mol. The molecule has 2 fully saturated rings. The first-order valence-electron chi connectivity index (χ1n) is 7.20. The van der Waals surface area contributed by atoms with Crippen LogP contribution in [0.2, 0.25) is 0 Å². The summed E-state index contributed by atoms with van der Waals surface area (Å²) in [6, 6.07) is 7.90. The van der Waals surface area contributed by atoms with E-state index in [2.05, 4.69) is 28.2 Å². The molecule has 2 nitrogen and oxygen atoms in total. The number of amides is 1. The molecule has 2 aliphatic rings. The van der Waals surface area contributed by atoms with Crippen LogP contribution in [0, 0.1) is 17.8 Å². The minimum absolute atomic E-state index is 0.0442. The van der Waals surface area contributed by atoms with E-state index in [0.29, 0.717) is 5.92 Å². The summed E-state index contributed by atoms with van der Waals surface area (Å²) in [6.07, 6.45) is 5.47. The minimum Gasteiger partial charge on any atom is -0.349 e. The Bertz CT molecular complexity index is 487. The second-order valence-electron chi connectivity index (χ2n) is 6.08. The lowest BCUT2D eigenvalue weighted by atomic mass is 9.84. The molecule has 102 valence electrons. The van der Waals surface area contributed by atoms with E-state index in [1.54, 1.807) is 0 Å². The molecule has 0 heterocycles. The summed E-state index contributed by atoms with van der Waals surface area (Å²) in [5.41, 5.74) is 0.734. The van der Waals surface area contributed by atoms with E-state index in [0.717, 1.165) is 21.9 Å². The van der Waals surface area contributed by atoms with Gasteiger partial charge in [-0.25, -0.2) is 0 Å². The Labute approximate surface area is 123 Å². The fourth-order valence-corrected chi connectivity index (χ4v) is 4.41. The van der Waals surface area contributed by atoms with E-state index in [-0.39, 0.29) is 11.9 Å². The van der Waals surface area contributed by atoms with Crippen LogP contribution in [-0.4, -0.2) is 11.9 Å². The van der Waals surface area contributed by atoms with Gasteiger partial charge in [-0.1, -0.05) is 18.6 Å². The lowest BCUT2D eigenvalue weighted by molar-refractivity contribution is 0.0914. The number of hydrogen-bond donors (Lipinski definition) is 1. The van der Waals surface area contributed by atoms with Gasteiger partial charge in [0.15, 0.2) is 0 Å². The van der Waals surface area contributed by atoms with Gasteiger partial charge in [0, 0.05) is 10.5 Å². The number of carbonyl (C=O) groups excluding carboxylic acids is 1. The lowest BCUT2D eigenvalue weighted by Crippen LogP contribution is -2.40. The van der Waals surface area contributed by atoms with Crippen molar-refractivity contribution in [2.24, 2.45) is 17.8 Å². The fraction of sp³-hybridized carbons (Fsp3) is 0.562. The molecule has 0 saturated heterocycles. The summed E-state index contributed by atoms with van der Waals surface area (Å²) in [6.45, 7) is 2.17. The molecule has 0 aliphatic heterocycles. The van der Waals surface area contributed by atoms with Crippen LogP contribution >= 0.6 is 15.9 Å². The van der Waals surface area contributed by atoms with Gasteiger partial charge in [0.2, 0.25) is 0 Å². The average Bonchev–Trinajstić information content (AvgIpc) is 3.01. The van der Waals surface area contributed by atoms with Crippen LogP contribution in [-0.2, 0) is 0 Å². The first kappa shape index (κ1) is 13.2. The second-order valence-corrected chi connectivity index (χ2v) is 6.94. The Morgan fingerprint density at radius 1 is 1.32 bits per heavy atom. The lowest BCUT2D eigenvalue weighted by Gasteiger charge is -2.28. The summed E-state index contributed by atoms with van der Waals surface area (Å²) in [5, 5.41) is 3.19. The molecule has 19 heavy (non-hydrogen) atoms. The molecule has 1 aromatic carbocycles. The Morgan fingerprint density at radius 3 is 2.74 bits per heavy atom. The van der Waals surface area contributed by atoms with Crippen LogP contribution in [0.1, 0.15) is 43.0 Å². The van der Waals surface area contributed by atoms with Gasteiger partial charge in [-0.05, 0) is 72.0 Å². The molecule has 4 atom stereocenters. The highest BCUT2D eigenvalue weighted by molar-refractivity contribution is 9.10. The van der Waals surface area contributed by atoms with E-state index in [4.69, 9.17) is 0 Å². The Morgan fingerprint density at radius 2 is 2.11 bits per heavy atom. The van der Waals surface area contributed by atoms with Gasteiger partial charge in [0.05, 0.1) is 5.56 Å². The molecule has 2 saturated carbocycles. The van der Waals surface area contributed by atoms with E-state index in [9.17, 15) is 4.79 Å². The SMILES string of the molecule is C[C@@H](NC(=O)c1ccccc1Br)[C@@H]1C[C@@H]2CC[C@@H]1C2. The van der Waals surface area contributed by atoms with Crippen molar-refractivity contribution in [3.05, 3.63) is 34.3 Å². The number of nitrogens with one attached hydrogen (secondary N) is 1. The smallest absolute Gasteiger partial charge is 0.252 e. The highest BCUT2D eigenvalue weighted by Gasteiger charge is 2.42. The molecule has 0 spiro atoms. The molecular formula is C16H20BrNO. The maximum atomic E-state index is 12.3. The Hall–Kier alpha value is -0.830. The molecule has 1 N–H and O–H groups in total. The zero-order chi connectivity index (χ0) is 13.4. The van der Waals surface area contributed by atoms with Crippen molar-refractivity contribution in [1.29, 1.82) is 0 Å². The van der Waals surface area contributed by atoms with Crippen molar-refractivity contribution in [2.45, 2.75) is 38.6 Å². The summed E-state index contributed by atoms with van der Waals surface area (Å²) in [4.78, 5) is 12.3. The molecule has 1 aromatic rings. The zero-order valence-electron chi connectivity index (χ0n) is 11.2. The van der Waals surface area contributed by atoms with Crippen LogP contribution in [0.5, 0.6) is 0 Å². The van der Waals surface area contributed by atoms with E-state index < -0.39 is 0 Å². The molecule has 3 rings (SSSR count). The number of hydrogen-bond acceptors (Lipinski definition) is 1. The van der Waals surface area contributed by atoms with Crippen LogP contribution < -0.4 is 5.32 Å². The van der Waals surface area contributed by atoms with Crippen molar-refractivity contribution in [2.75, 3.05) is 0 Å². The summed E-state index contributed by atoms with van der Waals surface area (Å²) in [5.74, 6) is 2.50. The van der Waals surface area contributed by atoms with Gasteiger partial charge in [-0.15, -0.1) is 0 Å². The van der Waals surface area contributed by atoms with Gasteiger partial charge in [0.25, 0.3) is 5.91 Å². The van der Waals surface area contributed by atoms with Crippen molar-refractivity contribution in [3.63, 3.8) is 0 Å². The first-order chi connectivity index (χ1) is 9.15. The van der Waals surface area contributed by atoms with Crippen LogP contribution in [0.25, 0.3) is 0 Å². The second kappa shape index (κ2) is 5.28. The maximum absolute atomic E-state index is 12.3. The van der Waals surface area contributed by atoms with Crippen molar-refractivity contribution in [3.8, 4) is 0 Å². The van der Waals surface area contributed by atoms with Gasteiger partial charge >= 0.3 is 0 Å². The first-order valence-corrected chi connectivity index (χ1v) is 8.00. The minimum atomic E-state index is 0.0442. The largest absolute Gasteiger partial charge is 0.349 e. The van der Waals surface area contributed by atoms with E-state index in [1.165, 1.54) is 25.7 Å². The van der Waals surface area contributed by atoms with Gasteiger partial charge in [-0.3, -0.25) is 4.79 Å². The van der Waals surface area contributed by atoms with Crippen molar-refractivity contribution in [1.82, 2.24) is 5.32 Å². The number of carbonyl (C=O) groups is 1. The maximum Gasteiger partial charge on any atom is 0.252 e. The van der Waals surface area contributed by atoms with Gasteiger partial charge in [-0.2, -0.15) is 0 Å². The third kappa shape index (κ3) is 2.58. The summed E-state index contributed by atoms with van der Waals surface area (Å²) >= 11 is 3.44. The van der Waals surface area contributed by atoms with Crippen LogP contribution in [0.15, 0.2) is 28.7 Å². The normalized spacial score (nSPS) is 30.3. The topological polar surface area (TPSA) is 29.1 Å². The summed E-state index contributed by atoms with van der Waals surface area (Å²) in [7, 11) is 0. The standard InChI is InChI=1S/C16H20BrNO/c1-10(14-9-11-6-7-12(14)8-11)18-16(19)13-4-2-3-5-15(13)17/h2-5,10-12,14H,6-9H2,1H3,(H,18,19)/t10-,11-,12-,14+/m1/s1. The highest BCUT2D eigenvalue weighted by atomic mass is 79.9. The average molecular weight is 322 g/mol. The molecule has 0 radical (unpaired) electrons. The van der Waals surface area contributed by atoms with Gasteiger partial charge < -0.3 is 5.32 Å². The highest BCUT2D eigenvalue weighted by Crippen LogP contribution is 2.49. The third-order valence-electron chi connectivity index (χ3n) is 4.91. The molecule has 1 amide bonds. The Balaban J connectivity index is 1.65. The quantitative estimate of drug-likeness (QED) is 0.895. The molecule has 2 bridgehead atoms. The molecule has 2 aliphatic carbocycles. The van der Waals surface area contributed by atoms with E-state index in [1.807, 2.05) is 24.3 Å². The number of benzene rings is 1. The monoisotopic (exact) mass is 321 g/mol. The summed E-state index contributed by atoms with van der Waals surface area (Å²) < 4.78 is 0.868. The predicted octanol–water partition coefficient (Wildman–Crippen LogP) is 4.00. The van der Waals surface area contributed by atoms with Crippen molar-refractivity contribution >= 4 is 21.8 Å².